The Balaban J connectivity index is 1.02. The van der Waals surface area contributed by atoms with Crippen LogP contribution in [0, 0.1) is 0 Å². The van der Waals surface area contributed by atoms with Gasteiger partial charge in [-0.25, -0.2) is 0 Å². The van der Waals surface area contributed by atoms with E-state index in [1.165, 1.54) is 5.56 Å². The van der Waals surface area contributed by atoms with Crippen LogP contribution in [0.2, 0.25) is 0 Å². The van der Waals surface area contributed by atoms with Crippen molar-refractivity contribution < 1.29 is 24.2 Å². The Hall–Kier alpha value is -5.32. The van der Waals surface area contributed by atoms with E-state index in [0.29, 0.717) is 37.2 Å². The number of aliphatic hydroxyl groups excluding tert-OH is 1. The number of nitrogen functional groups attached to an aromatic ring is 1. The zero-order chi connectivity index (χ0) is 40.0. The second kappa shape index (κ2) is 20.7. The number of amides is 2. The number of hydrogen-bond donors (Lipinski definition) is 4. The van der Waals surface area contributed by atoms with Gasteiger partial charge in [0.1, 0.15) is 0 Å². The molecule has 0 aromatic heterocycles. The van der Waals surface area contributed by atoms with E-state index in [9.17, 15) is 14.7 Å². The second-order valence-electron chi connectivity index (χ2n) is 15.0. The van der Waals surface area contributed by atoms with Gasteiger partial charge in [0.2, 0.25) is 11.8 Å². The molecule has 4 atom stereocenters. The van der Waals surface area contributed by atoms with Crippen LogP contribution in [0.3, 0.4) is 0 Å². The van der Waals surface area contributed by atoms with E-state index >= 15 is 0 Å². The van der Waals surface area contributed by atoms with Gasteiger partial charge in [-0.05, 0) is 72.3 Å². The summed E-state index contributed by atoms with van der Waals surface area (Å²) in [6.45, 7) is 3.39. The number of likely N-dealkylation sites (N-methyl/N-ethyl adjacent to an activating group) is 1. The number of nitrogens with one attached hydrogen (secondary N) is 2. The van der Waals surface area contributed by atoms with Gasteiger partial charge in [0.25, 0.3) is 0 Å². The Bertz CT molecular complexity index is 2020. The smallest absolute Gasteiger partial charge is 0.224 e. The van der Waals surface area contributed by atoms with Gasteiger partial charge in [-0.2, -0.15) is 0 Å². The lowest BCUT2D eigenvalue weighted by Gasteiger charge is -2.39. The molecular weight excluding hydrogens is 713 g/mol. The maximum atomic E-state index is 12.8. The Kier molecular flexibility index (Phi) is 15.0. The highest BCUT2D eigenvalue weighted by Crippen LogP contribution is 2.39. The molecule has 57 heavy (non-hydrogen) atoms. The molecule has 1 heterocycles. The van der Waals surface area contributed by atoms with E-state index in [2.05, 4.69) is 90.2 Å². The van der Waals surface area contributed by atoms with Crippen molar-refractivity contribution in [1.82, 2.24) is 10.2 Å². The fraction of sp³-hybridized carbons (Fsp3) is 0.333. The summed E-state index contributed by atoms with van der Waals surface area (Å²) in [6, 6.07) is 42.4. The molecule has 1 aliphatic rings. The van der Waals surface area contributed by atoms with Gasteiger partial charge < -0.3 is 30.9 Å². The molecule has 0 saturated carbocycles. The molecule has 0 aliphatic carbocycles. The van der Waals surface area contributed by atoms with E-state index in [1.54, 1.807) is 12.1 Å². The van der Waals surface area contributed by atoms with Crippen LogP contribution in [-0.2, 0) is 32.2 Å². The molecule has 5 N–H and O–H groups in total. The number of benzene rings is 5. The molecule has 4 unspecified atom stereocenters. The van der Waals surface area contributed by atoms with Crippen LogP contribution in [0.25, 0.3) is 11.1 Å². The lowest BCUT2D eigenvalue weighted by Crippen LogP contribution is -2.38. The minimum Gasteiger partial charge on any atom is -0.397 e. The Labute approximate surface area is 337 Å². The number of ether oxygens (including phenoxy) is 2. The fourth-order valence-electron chi connectivity index (χ4n) is 7.30. The summed E-state index contributed by atoms with van der Waals surface area (Å²) in [5, 5.41) is 15.6. The lowest BCUT2D eigenvalue weighted by atomic mass is 9.97. The highest BCUT2D eigenvalue weighted by Gasteiger charge is 2.33. The first-order chi connectivity index (χ1) is 27.8. The van der Waals surface area contributed by atoms with Crippen molar-refractivity contribution in [3.63, 3.8) is 0 Å². The number of carbonyl (C=O) groups excluding carboxylic acids is 2. The minimum absolute atomic E-state index is 0.00113. The molecule has 1 fully saturated rings. The predicted octanol–water partition coefficient (Wildman–Crippen LogP) is 9.26. The summed E-state index contributed by atoms with van der Waals surface area (Å²) >= 11 is 0. The lowest BCUT2D eigenvalue weighted by molar-refractivity contribution is -0.253. The number of unbranched alkanes of at least 4 members (excludes halogenated alkanes) is 3. The van der Waals surface area contributed by atoms with Crippen LogP contribution in [0.15, 0.2) is 127 Å². The number of anilines is 2. The molecule has 9 heteroatoms. The van der Waals surface area contributed by atoms with Gasteiger partial charge in [0.15, 0.2) is 6.29 Å². The first-order valence-corrected chi connectivity index (χ1v) is 20.1. The molecule has 5 aromatic carbocycles. The summed E-state index contributed by atoms with van der Waals surface area (Å²) in [5.41, 5.74) is 14.4. The zero-order valence-electron chi connectivity index (χ0n) is 33.1. The van der Waals surface area contributed by atoms with Crippen LogP contribution in [-0.4, -0.2) is 41.5 Å². The Morgan fingerprint density at radius 1 is 0.772 bits per heavy atom. The van der Waals surface area contributed by atoms with Crippen molar-refractivity contribution >= 4 is 23.2 Å². The minimum atomic E-state index is -0.555. The highest BCUT2D eigenvalue weighted by atomic mass is 16.7. The maximum absolute atomic E-state index is 12.8. The van der Waals surface area contributed by atoms with Gasteiger partial charge in [-0.3, -0.25) is 14.5 Å². The molecule has 0 radical (unpaired) electrons. The molecule has 9 nitrogen and oxygen atoms in total. The monoisotopic (exact) mass is 768 g/mol. The third-order valence-electron chi connectivity index (χ3n) is 10.8. The average Bonchev–Trinajstić information content (AvgIpc) is 3.25. The largest absolute Gasteiger partial charge is 0.397 e. The average molecular weight is 769 g/mol. The van der Waals surface area contributed by atoms with Crippen molar-refractivity contribution in [2.45, 2.75) is 89.6 Å². The number of aliphatic hydroxyl groups is 1. The molecule has 5 aromatic rings. The van der Waals surface area contributed by atoms with Crippen molar-refractivity contribution in [3.8, 4) is 11.1 Å². The molecule has 0 bridgehead atoms. The number of para-hydroxylation sites is 2. The number of nitrogens with two attached hydrogens (primary N) is 1. The molecule has 298 valence electrons. The van der Waals surface area contributed by atoms with Gasteiger partial charge >= 0.3 is 0 Å². The summed E-state index contributed by atoms with van der Waals surface area (Å²) in [6.07, 6.45) is 4.07. The van der Waals surface area contributed by atoms with Crippen LogP contribution in [0.4, 0.5) is 11.4 Å². The Morgan fingerprint density at radius 3 is 2.14 bits per heavy atom. The van der Waals surface area contributed by atoms with E-state index in [4.69, 9.17) is 15.2 Å². The van der Waals surface area contributed by atoms with Crippen LogP contribution in [0.1, 0.15) is 98.1 Å². The van der Waals surface area contributed by atoms with Gasteiger partial charge in [-0.15, -0.1) is 0 Å². The van der Waals surface area contributed by atoms with Crippen molar-refractivity contribution in [2.24, 2.45) is 0 Å². The first-order valence-electron chi connectivity index (χ1n) is 20.1. The normalized spacial score (nSPS) is 17.2. The van der Waals surface area contributed by atoms with Gasteiger partial charge in [-0.1, -0.05) is 128 Å². The summed E-state index contributed by atoms with van der Waals surface area (Å²) in [4.78, 5) is 27.4. The number of rotatable bonds is 18. The van der Waals surface area contributed by atoms with E-state index in [1.807, 2.05) is 54.6 Å². The number of nitrogens with zero attached hydrogens (tertiary/aromatic N) is 1. The first kappa shape index (κ1) is 41.3. The van der Waals surface area contributed by atoms with Crippen molar-refractivity contribution in [3.05, 3.63) is 155 Å². The number of hydrogen-bond acceptors (Lipinski definition) is 7. The van der Waals surface area contributed by atoms with E-state index in [0.717, 1.165) is 65.6 Å². The highest BCUT2D eigenvalue weighted by molar-refractivity contribution is 5.93. The zero-order valence-corrected chi connectivity index (χ0v) is 33.1. The van der Waals surface area contributed by atoms with Gasteiger partial charge in [0.05, 0.1) is 30.2 Å². The maximum Gasteiger partial charge on any atom is 0.224 e. The molecule has 6 rings (SSSR count). The molecule has 1 aliphatic heterocycles. The molecular formula is C48H56N4O5. The summed E-state index contributed by atoms with van der Waals surface area (Å²) in [5.74, 6) is -0.0331. The van der Waals surface area contributed by atoms with E-state index in [-0.39, 0.29) is 36.7 Å². The summed E-state index contributed by atoms with van der Waals surface area (Å²) < 4.78 is 13.3. The third-order valence-corrected chi connectivity index (χ3v) is 10.8. The fourth-order valence-corrected chi connectivity index (χ4v) is 7.30. The summed E-state index contributed by atoms with van der Waals surface area (Å²) in [7, 11) is 2.14. The topological polar surface area (TPSA) is 126 Å². The molecule has 0 spiro atoms. The second-order valence-corrected chi connectivity index (χ2v) is 15.0. The van der Waals surface area contributed by atoms with Crippen LogP contribution in [0.5, 0.6) is 0 Å². The van der Waals surface area contributed by atoms with E-state index < -0.39 is 6.29 Å². The third kappa shape index (κ3) is 11.8. The van der Waals surface area contributed by atoms with Gasteiger partial charge in [0, 0.05) is 44.0 Å². The van der Waals surface area contributed by atoms with Crippen LogP contribution >= 0.6 is 0 Å². The Morgan fingerprint density at radius 2 is 1.42 bits per heavy atom. The quantitative estimate of drug-likeness (QED) is 0.0517. The SMILES string of the molecule is CC(c1ccccc1)N(C)CC1CC(c2ccc(CO)cc2)OC(c2ccc(-c3ccccc3CNC(=O)CCCCCCC(=O)Nc3ccccc3N)cc2)O1. The molecule has 2 amide bonds. The number of carbonyl (C=O) groups is 2. The van der Waals surface area contributed by atoms with Crippen molar-refractivity contribution in [2.75, 3.05) is 24.6 Å². The van der Waals surface area contributed by atoms with Crippen LogP contribution < -0.4 is 16.4 Å². The van der Waals surface area contributed by atoms with Crippen molar-refractivity contribution in [1.29, 1.82) is 0 Å². The molecule has 1 saturated heterocycles. The predicted molar refractivity (Wildman–Crippen MR) is 227 cm³/mol. The standard InChI is InChI=1S/C48H56N4O5/c1-34(36-14-6-5-7-15-36)52(2)32-41-30-45(38-24-22-35(33-53)23-25-38)57-48(56-41)39-28-26-37(27-29-39)42-17-11-10-16-40(42)31-50-46(54)20-8-3-4-9-21-47(55)51-44-19-13-12-18-43(44)49/h5-7,10-19,22-29,34,41,45,48,53H,3-4,8-9,20-21,30-33,49H2,1-2H3,(H,50,54)(H,51,55).